The third-order valence-electron chi connectivity index (χ3n) is 7.75. The Bertz CT molecular complexity index is 1700. The SMILES string of the molecule is CC1(C)c2ccccc2-c2ccc(-c3c4ccccc4c(-[n+]4ccccc4)c4ccccc34)cc21. The molecule has 1 aliphatic rings. The Kier molecular flexibility index (Phi) is 4.25. The minimum Gasteiger partial charge on any atom is -0.166 e. The van der Waals surface area contributed by atoms with Gasteiger partial charge in [0.05, 0.1) is 10.8 Å². The van der Waals surface area contributed by atoms with Gasteiger partial charge >= 0.3 is 0 Å². The number of benzene rings is 5. The zero-order valence-electron chi connectivity index (χ0n) is 20.0. The first-order chi connectivity index (χ1) is 17.1. The number of nitrogens with zero attached hydrogens (tertiary/aromatic N) is 1. The van der Waals surface area contributed by atoms with E-state index in [1.807, 2.05) is 0 Å². The molecule has 0 bridgehead atoms. The van der Waals surface area contributed by atoms with Crippen LogP contribution in [0.4, 0.5) is 0 Å². The number of rotatable bonds is 2. The largest absolute Gasteiger partial charge is 0.226 e. The molecule has 0 spiro atoms. The topological polar surface area (TPSA) is 3.88 Å². The van der Waals surface area contributed by atoms with Gasteiger partial charge in [0.15, 0.2) is 12.4 Å². The van der Waals surface area contributed by atoms with E-state index in [2.05, 4.69) is 140 Å². The number of fused-ring (bicyclic) bond motifs is 5. The smallest absolute Gasteiger partial charge is 0.166 e. The summed E-state index contributed by atoms with van der Waals surface area (Å²) in [5.41, 5.74) is 9.35. The summed E-state index contributed by atoms with van der Waals surface area (Å²) in [4.78, 5) is 0. The summed E-state index contributed by atoms with van der Waals surface area (Å²) >= 11 is 0. The fourth-order valence-corrected chi connectivity index (χ4v) is 6.10. The number of pyridine rings is 1. The molecule has 0 N–H and O–H groups in total. The Labute approximate surface area is 205 Å². The van der Waals surface area contributed by atoms with Gasteiger partial charge in [-0.05, 0) is 62.4 Å². The van der Waals surface area contributed by atoms with Gasteiger partial charge in [-0.2, -0.15) is 4.57 Å². The summed E-state index contributed by atoms with van der Waals surface area (Å²) in [5.74, 6) is 0. The summed E-state index contributed by atoms with van der Waals surface area (Å²) in [6.45, 7) is 4.71. The van der Waals surface area contributed by atoms with E-state index in [0.29, 0.717) is 0 Å². The predicted molar refractivity (Wildman–Crippen MR) is 146 cm³/mol. The predicted octanol–water partition coefficient (Wildman–Crippen LogP) is 8.24. The summed E-state index contributed by atoms with van der Waals surface area (Å²) in [7, 11) is 0. The summed E-state index contributed by atoms with van der Waals surface area (Å²) < 4.78 is 2.25. The van der Waals surface area contributed by atoms with E-state index in [1.54, 1.807) is 0 Å². The first-order valence-corrected chi connectivity index (χ1v) is 12.3. The highest BCUT2D eigenvalue weighted by Gasteiger charge is 2.35. The summed E-state index contributed by atoms with van der Waals surface area (Å²) in [6.07, 6.45) is 4.28. The van der Waals surface area contributed by atoms with E-state index in [9.17, 15) is 0 Å². The van der Waals surface area contributed by atoms with Crippen molar-refractivity contribution in [3.05, 3.63) is 133 Å². The van der Waals surface area contributed by atoms with Gasteiger partial charge < -0.3 is 0 Å². The highest BCUT2D eigenvalue weighted by atomic mass is 14.9. The lowest BCUT2D eigenvalue weighted by Crippen LogP contribution is -2.29. The molecular weight excluding hydrogens is 422 g/mol. The molecule has 0 amide bonds. The van der Waals surface area contributed by atoms with Crippen molar-refractivity contribution in [1.29, 1.82) is 0 Å². The van der Waals surface area contributed by atoms with Crippen molar-refractivity contribution in [1.82, 2.24) is 0 Å². The van der Waals surface area contributed by atoms with Crippen LogP contribution >= 0.6 is 0 Å². The maximum absolute atomic E-state index is 2.44. The highest BCUT2D eigenvalue weighted by Crippen LogP contribution is 2.50. The second-order valence-electron chi connectivity index (χ2n) is 10.0. The zero-order chi connectivity index (χ0) is 23.6. The fourth-order valence-electron chi connectivity index (χ4n) is 6.10. The van der Waals surface area contributed by atoms with E-state index in [0.717, 1.165) is 0 Å². The van der Waals surface area contributed by atoms with Gasteiger partial charge in [-0.1, -0.05) is 92.7 Å². The molecule has 0 radical (unpaired) electrons. The molecule has 1 heteroatoms. The molecule has 0 saturated carbocycles. The Morgan fingerprint density at radius 1 is 0.514 bits per heavy atom. The molecule has 0 saturated heterocycles. The van der Waals surface area contributed by atoms with Crippen molar-refractivity contribution >= 4 is 21.5 Å². The lowest BCUT2D eigenvalue weighted by molar-refractivity contribution is -0.592. The van der Waals surface area contributed by atoms with Crippen LogP contribution in [0.2, 0.25) is 0 Å². The number of hydrogen-bond acceptors (Lipinski definition) is 0. The van der Waals surface area contributed by atoms with Gasteiger partial charge in [0.25, 0.3) is 0 Å². The highest BCUT2D eigenvalue weighted by molar-refractivity contribution is 6.17. The summed E-state index contributed by atoms with van der Waals surface area (Å²) in [6, 6.07) is 39.9. The van der Waals surface area contributed by atoms with Crippen molar-refractivity contribution in [2.24, 2.45) is 0 Å². The minimum absolute atomic E-state index is 0.0205. The molecule has 0 fully saturated rings. The van der Waals surface area contributed by atoms with Gasteiger partial charge in [0.2, 0.25) is 5.69 Å². The maximum Gasteiger partial charge on any atom is 0.226 e. The summed E-state index contributed by atoms with van der Waals surface area (Å²) in [5, 5.41) is 5.09. The quantitative estimate of drug-likeness (QED) is 0.185. The molecule has 166 valence electrons. The monoisotopic (exact) mass is 448 g/mol. The standard InChI is InChI=1S/C34H26N/c1-34(2)30-17-9-8-12-24(30)25-19-18-23(22-31(25)34)32-26-13-4-6-15-28(26)33(35-20-10-3-11-21-35)29-16-7-5-14-27(29)32/h3-22H,1-2H3/q+1. The van der Waals surface area contributed by atoms with Crippen LogP contribution in [-0.2, 0) is 5.41 Å². The van der Waals surface area contributed by atoms with Crippen molar-refractivity contribution in [2.45, 2.75) is 19.3 Å². The van der Waals surface area contributed by atoms with Crippen LogP contribution in [0.15, 0.2) is 122 Å². The molecule has 0 unspecified atom stereocenters. The van der Waals surface area contributed by atoms with E-state index >= 15 is 0 Å². The molecule has 0 aliphatic heterocycles. The number of aromatic nitrogens is 1. The molecule has 1 heterocycles. The van der Waals surface area contributed by atoms with Crippen LogP contribution in [0, 0.1) is 0 Å². The lowest BCUT2D eigenvalue weighted by Gasteiger charge is -2.22. The molecule has 1 aromatic heterocycles. The van der Waals surface area contributed by atoms with Crippen molar-refractivity contribution < 1.29 is 4.57 Å². The van der Waals surface area contributed by atoms with Crippen LogP contribution in [0.1, 0.15) is 25.0 Å². The molecule has 0 atom stereocenters. The Morgan fingerprint density at radius 3 is 1.77 bits per heavy atom. The molecule has 35 heavy (non-hydrogen) atoms. The number of hydrogen-bond donors (Lipinski definition) is 0. The van der Waals surface area contributed by atoms with Crippen LogP contribution in [0.5, 0.6) is 0 Å². The molecule has 1 aliphatic carbocycles. The third kappa shape index (κ3) is 2.85. The average molecular weight is 449 g/mol. The van der Waals surface area contributed by atoms with Gasteiger partial charge in [-0.3, -0.25) is 0 Å². The lowest BCUT2D eigenvalue weighted by atomic mass is 9.81. The second kappa shape index (κ2) is 7.38. The Hall–Kier alpha value is -4.23. The van der Waals surface area contributed by atoms with E-state index in [4.69, 9.17) is 0 Å². The molecule has 1 nitrogen and oxygen atoms in total. The molecular formula is C34H26N+. The maximum atomic E-state index is 2.44. The first-order valence-electron chi connectivity index (χ1n) is 12.3. The third-order valence-corrected chi connectivity index (χ3v) is 7.75. The van der Waals surface area contributed by atoms with E-state index in [1.165, 1.54) is 60.6 Å². The van der Waals surface area contributed by atoms with Gasteiger partial charge in [0, 0.05) is 17.5 Å². The minimum atomic E-state index is -0.0205. The van der Waals surface area contributed by atoms with E-state index < -0.39 is 0 Å². The molecule has 6 aromatic rings. The van der Waals surface area contributed by atoms with Crippen LogP contribution in [0.3, 0.4) is 0 Å². The molecule has 5 aromatic carbocycles. The van der Waals surface area contributed by atoms with Crippen molar-refractivity contribution in [3.8, 4) is 27.9 Å². The molecule has 7 rings (SSSR count). The van der Waals surface area contributed by atoms with Gasteiger partial charge in [0.1, 0.15) is 0 Å². The van der Waals surface area contributed by atoms with Crippen LogP contribution in [0.25, 0.3) is 49.5 Å². The normalized spacial score (nSPS) is 13.7. The van der Waals surface area contributed by atoms with Crippen LogP contribution in [-0.4, -0.2) is 0 Å². The van der Waals surface area contributed by atoms with Crippen LogP contribution < -0.4 is 4.57 Å². The second-order valence-corrected chi connectivity index (χ2v) is 10.0. The fraction of sp³-hybridized carbons (Fsp3) is 0.0882. The van der Waals surface area contributed by atoms with Gasteiger partial charge in [-0.15, -0.1) is 0 Å². The van der Waals surface area contributed by atoms with Crippen molar-refractivity contribution in [2.75, 3.05) is 0 Å². The average Bonchev–Trinajstić information content (AvgIpc) is 3.14. The Balaban J connectivity index is 1.57. The van der Waals surface area contributed by atoms with E-state index in [-0.39, 0.29) is 5.41 Å². The van der Waals surface area contributed by atoms with Gasteiger partial charge in [-0.25, -0.2) is 0 Å². The van der Waals surface area contributed by atoms with Crippen molar-refractivity contribution in [3.63, 3.8) is 0 Å². The first kappa shape index (κ1) is 20.2. The Morgan fingerprint density at radius 2 is 1.09 bits per heavy atom. The zero-order valence-corrected chi connectivity index (χ0v) is 20.0.